The fourth-order valence-corrected chi connectivity index (χ4v) is 4.17. The van der Waals surface area contributed by atoms with Crippen molar-refractivity contribution in [1.82, 2.24) is 4.90 Å². The third-order valence-corrected chi connectivity index (χ3v) is 5.40. The van der Waals surface area contributed by atoms with Gasteiger partial charge in [-0.05, 0) is 31.0 Å². The van der Waals surface area contributed by atoms with Gasteiger partial charge in [0.2, 0.25) is 5.91 Å². The monoisotopic (exact) mass is 296 g/mol. The first-order valence-corrected chi connectivity index (χ1v) is 8.57. The molecule has 1 aromatic rings. The minimum Gasteiger partial charge on any atom is -0.399 e. The van der Waals surface area contributed by atoms with Crippen molar-refractivity contribution in [2.24, 2.45) is 5.92 Å². The minimum atomic E-state index is -3.02. The largest absolute Gasteiger partial charge is 0.399 e. The molecule has 0 aliphatic carbocycles. The molecule has 1 aliphatic heterocycles. The summed E-state index contributed by atoms with van der Waals surface area (Å²) < 4.78 is 22.9. The summed E-state index contributed by atoms with van der Waals surface area (Å²) in [4.78, 5) is 14.1. The van der Waals surface area contributed by atoms with E-state index in [1.165, 1.54) is 0 Å². The summed E-state index contributed by atoms with van der Waals surface area (Å²) >= 11 is 0. The first-order valence-electron chi connectivity index (χ1n) is 6.75. The number of hydrogen-bond acceptors (Lipinski definition) is 4. The maximum absolute atomic E-state index is 12.4. The van der Waals surface area contributed by atoms with Gasteiger partial charge in [0.05, 0.1) is 17.4 Å². The Balaban J connectivity index is 2.04. The number of benzene rings is 1. The number of carbonyl (C=O) groups is 1. The average Bonchev–Trinajstić information content (AvgIpc) is 2.78. The molecule has 1 saturated heterocycles. The van der Waals surface area contributed by atoms with Gasteiger partial charge in [-0.2, -0.15) is 0 Å². The summed E-state index contributed by atoms with van der Waals surface area (Å²) in [6.07, 6.45) is 0.444. The van der Waals surface area contributed by atoms with E-state index in [1.807, 2.05) is 19.1 Å². The minimum absolute atomic E-state index is 0.00985. The summed E-state index contributed by atoms with van der Waals surface area (Å²) in [5.74, 6) is -0.327. The summed E-state index contributed by atoms with van der Waals surface area (Å²) in [5.41, 5.74) is 7.31. The molecule has 0 radical (unpaired) electrons. The van der Waals surface area contributed by atoms with E-state index in [1.54, 1.807) is 17.0 Å². The maximum Gasteiger partial charge on any atom is 0.227 e. The number of amides is 1. The van der Waals surface area contributed by atoms with Crippen molar-refractivity contribution >= 4 is 21.4 Å². The molecule has 1 aromatic carbocycles. The summed E-state index contributed by atoms with van der Waals surface area (Å²) in [5, 5.41) is 0. The zero-order chi connectivity index (χ0) is 14.8. The van der Waals surface area contributed by atoms with Gasteiger partial charge in [0.1, 0.15) is 0 Å². The highest BCUT2D eigenvalue weighted by Crippen LogP contribution is 2.21. The lowest BCUT2D eigenvalue weighted by molar-refractivity contribution is -0.135. The first kappa shape index (κ1) is 14.8. The van der Waals surface area contributed by atoms with Crippen molar-refractivity contribution < 1.29 is 13.2 Å². The molecular formula is C14H20N2O3S. The van der Waals surface area contributed by atoms with E-state index in [-0.39, 0.29) is 23.3 Å². The van der Waals surface area contributed by atoms with Crippen LogP contribution in [-0.4, -0.2) is 37.3 Å². The Kier molecular flexibility index (Phi) is 4.32. The second-order valence-corrected chi connectivity index (χ2v) is 7.42. The zero-order valence-electron chi connectivity index (χ0n) is 11.6. The van der Waals surface area contributed by atoms with Crippen molar-refractivity contribution in [2.45, 2.75) is 19.9 Å². The van der Waals surface area contributed by atoms with Crippen LogP contribution in [0.25, 0.3) is 0 Å². The molecule has 2 rings (SSSR count). The van der Waals surface area contributed by atoms with E-state index in [9.17, 15) is 13.2 Å². The molecule has 5 nitrogen and oxygen atoms in total. The molecule has 0 saturated carbocycles. The van der Waals surface area contributed by atoms with E-state index < -0.39 is 9.84 Å². The van der Waals surface area contributed by atoms with Gasteiger partial charge in [-0.3, -0.25) is 4.79 Å². The standard InChI is InChI=1S/C14H20N2O3S/c1-2-16(9-11-3-5-13(15)6-4-11)14(17)12-7-8-20(18,19)10-12/h3-6,12H,2,7-10,15H2,1H3. The molecule has 1 aliphatic rings. The van der Waals surface area contributed by atoms with Gasteiger partial charge >= 0.3 is 0 Å². The van der Waals surface area contributed by atoms with Crippen LogP contribution in [0.3, 0.4) is 0 Å². The smallest absolute Gasteiger partial charge is 0.227 e. The predicted molar refractivity (Wildman–Crippen MR) is 78.7 cm³/mol. The van der Waals surface area contributed by atoms with Crippen molar-refractivity contribution in [2.75, 3.05) is 23.8 Å². The lowest BCUT2D eigenvalue weighted by atomic mass is 10.1. The second kappa shape index (κ2) is 5.83. The van der Waals surface area contributed by atoms with Gasteiger partial charge in [0.15, 0.2) is 9.84 Å². The lowest BCUT2D eigenvalue weighted by Gasteiger charge is -2.24. The average molecular weight is 296 g/mol. The Labute approximate surface area is 119 Å². The third kappa shape index (κ3) is 3.50. The number of hydrogen-bond donors (Lipinski definition) is 1. The molecule has 0 bridgehead atoms. The Hall–Kier alpha value is -1.56. The lowest BCUT2D eigenvalue weighted by Crippen LogP contribution is -2.36. The molecule has 1 atom stereocenters. The van der Waals surface area contributed by atoms with Crippen molar-refractivity contribution in [3.63, 3.8) is 0 Å². The van der Waals surface area contributed by atoms with Crippen LogP contribution in [0.15, 0.2) is 24.3 Å². The Morgan fingerprint density at radius 1 is 1.35 bits per heavy atom. The number of nitrogen functional groups attached to an aromatic ring is 1. The van der Waals surface area contributed by atoms with Crippen LogP contribution in [0.1, 0.15) is 18.9 Å². The van der Waals surface area contributed by atoms with Crippen LogP contribution in [0, 0.1) is 5.92 Å². The first-order chi connectivity index (χ1) is 9.41. The summed E-state index contributed by atoms with van der Waals surface area (Å²) in [6.45, 7) is 2.96. The van der Waals surface area contributed by atoms with Crippen molar-refractivity contribution in [3.05, 3.63) is 29.8 Å². The fraction of sp³-hybridized carbons (Fsp3) is 0.500. The van der Waals surface area contributed by atoms with Crippen LogP contribution in [0.2, 0.25) is 0 Å². The van der Waals surface area contributed by atoms with E-state index in [2.05, 4.69) is 0 Å². The summed E-state index contributed by atoms with van der Waals surface area (Å²) in [7, 11) is -3.02. The van der Waals surface area contributed by atoms with Gasteiger partial charge in [-0.25, -0.2) is 8.42 Å². The SMILES string of the molecule is CCN(Cc1ccc(N)cc1)C(=O)C1CCS(=O)(=O)C1. The molecule has 0 aromatic heterocycles. The van der Waals surface area contributed by atoms with E-state index in [0.29, 0.717) is 25.2 Å². The number of nitrogens with zero attached hydrogens (tertiary/aromatic N) is 1. The molecule has 2 N–H and O–H groups in total. The number of rotatable bonds is 4. The molecule has 1 fully saturated rings. The van der Waals surface area contributed by atoms with E-state index >= 15 is 0 Å². The molecule has 110 valence electrons. The Morgan fingerprint density at radius 3 is 2.50 bits per heavy atom. The fourth-order valence-electron chi connectivity index (χ4n) is 2.44. The number of carbonyl (C=O) groups excluding carboxylic acids is 1. The van der Waals surface area contributed by atoms with Gasteiger partial charge in [0, 0.05) is 18.8 Å². The van der Waals surface area contributed by atoms with Crippen LogP contribution in [0.4, 0.5) is 5.69 Å². The number of sulfone groups is 1. The number of anilines is 1. The van der Waals surface area contributed by atoms with Crippen LogP contribution in [0.5, 0.6) is 0 Å². The molecule has 20 heavy (non-hydrogen) atoms. The molecule has 0 spiro atoms. The van der Waals surface area contributed by atoms with Crippen molar-refractivity contribution in [3.8, 4) is 0 Å². The van der Waals surface area contributed by atoms with Gasteiger partial charge in [0.25, 0.3) is 0 Å². The van der Waals surface area contributed by atoms with Gasteiger partial charge in [-0.1, -0.05) is 12.1 Å². The maximum atomic E-state index is 12.4. The van der Waals surface area contributed by atoms with Crippen molar-refractivity contribution in [1.29, 1.82) is 0 Å². The van der Waals surface area contributed by atoms with Crippen LogP contribution < -0.4 is 5.73 Å². The highest BCUT2D eigenvalue weighted by Gasteiger charge is 2.34. The zero-order valence-corrected chi connectivity index (χ0v) is 12.4. The van der Waals surface area contributed by atoms with Crippen LogP contribution >= 0.6 is 0 Å². The molecule has 1 heterocycles. The van der Waals surface area contributed by atoms with Gasteiger partial charge in [-0.15, -0.1) is 0 Å². The van der Waals surface area contributed by atoms with Gasteiger partial charge < -0.3 is 10.6 Å². The normalized spacial score (nSPS) is 20.8. The van der Waals surface area contributed by atoms with E-state index in [0.717, 1.165) is 5.56 Å². The Morgan fingerprint density at radius 2 is 2.00 bits per heavy atom. The quantitative estimate of drug-likeness (QED) is 0.842. The second-order valence-electron chi connectivity index (χ2n) is 5.19. The topological polar surface area (TPSA) is 80.5 Å². The molecule has 1 amide bonds. The molecule has 1 unspecified atom stereocenters. The molecule has 6 heteroatoms. The third-order valence-electron chi connectivity index (χ3n) is 3.63. The highest BCUT2D eigenvalue weighted by molar-refractivity contribution is 7.91. The summed E-state index contributed by atoms with van der Waals surface area (Å²) in [6, 6.07) is 7.37. The predicted octanol–water partition coefficient (Wildman–Crippen LogP) is 1.05. The highest BCUT2D eigenvalue weighted by atomic mass is 32.2. The Bertz CT molecular complexity index is 581. The molecular weight excluding hydrogens is 276 g/mol. The number of nitrogens with two attached hydrogens (primary N) is 1. The van der Waals surface area contributed by atoms with Crippen LogP contribution in [-0.2, 0) is 21.2 Å². The van der Waals surface area contributed by atoms with E-state index in [4.69, 9.17) is 5.73 Å².